The molecule has 1 amide bonds. The summed E-state index contributed by atoms with van der Waals surface area (Å²) < 4.78 is 0. The van der Waals surface area contributed by atoms with Crippen LogP contribution < -0.4 is 5.32 Å². The van der Waals surface area contributed by atoms with Crippen molar-refractivity contribution in [1.29, 1.82) is 0 Å². The number of amides is 1. The smallest absolute Gasteiger partial charge is 0.321 e. The van der Waals surface area contributed by atoms with E-state index >= 15 is 0 Å². The zero-order valence-corrected chi connectivity index (χ0v) is 11.2. The van der Waals surface area contributed by atoms with Crippen LogP contribution in [0.15, 0.2) is 12.1 Å². The summed E-state index contributed by atoms with van der Waals surface area (Å²) in [6.45, 7) is 0. The number of carbonyl (C=O) groups excluding carboxylic acids is 1. The first-order chi connectivity index (χ1) is 9.06. The molecule has 1 aliphatic carbocycles. The van der Waals surface area contributed by atoms with E-state index in [9.17, 15) is 14.9 Å². The number of aromatic amines is 1. The van der Waals surface area contributed by atoms with Crippen LogP contribution in [0.4, 0.5) is 5.82 Å². The third-order valence-corrected chi connectivity index (χ3v) is 4.07. The molecule has 1 aliphatic rings. The number of hydrogen-bond acceptors (Lipinski definition) is 3. The number of H-pyrrole nitrogens is 1. The largest absolute Gasteiger partial charge is 0.358 e. The van der Waals surface area contributed by atoms with Gasteiger partial charge in [-0.2, -0.15) is 0 Å². The summed E-state index contributed by atoms with van der Waals surface area (Å²) in [6.07, 6.45) is 4.94. The molecule has 2 N–H and O–H groups in total. The SMILES string of the molecule is O=C(NC1(CCl)CCCCC1)c1ccc([N+](=O)[O-])[nH]1. The van der Waals surface area contributed by atoms with Crippen LogP contribution in [-0.4, -0.2) is 27.2 Å². The van der Waals surface area contributed by atoms with Crippen molar-refractivity contribution in [1.82, 2.24) is 10.3 Å². The maximum Gasteiger partial charge on any atom is 0.321 e. The molecule has 0 aromatic carbocycles. The highest BCUT2D eigenvalue weighted by atomic mass is 35.5. The normalized spacial score (nSPS) is 17.9. The van der Waals surface area contributed by atoms with Crippen molar-refractivity contribution in [3.8, 4) is 0 Å². The van der Waals surface area contributed by atoms with Crippen LogP contribution in [0.1, 0.15) is 42.6 Å². The van der Waals surface area contributed by atoms with Crippen LogP contribution in [0.3, 0.4) is 0 Å². The fourth-order valence-electron chi connectivity index (χ4n) is 2.45. The topological polar surface area (TPSA) is 88.0 Å². The van der Waals surface area contributed by atoms with Gasteiger partial charge in [0.1, 0.15) is 0 Å². The molecular formula is C12H16ClN3O3. The van der Waals surface area contributed by atoms with Crippen LogP contribution in [-0.2, 0) is 0 Å². The third-order valence-electron chi connectivity index (χ3n) is 3.56. The summed E-state index contributed by atoms with van der Waals surface area (Å²) in [7, 11) is 0. The van der Waals surface area contributed by atoms with Crippen LogP contribution >= 0.6 is 11.6 Å². The first-order valence-electron chi connectivity index (χ1n) is 6.28. The molecule has 0 spiro atoms. The van der Waals surface area contributed by atoms with Gasteiger partial charge in [-0.05, 0) is 23.8 Å². The Labute approximate surface area is 115 Å². The van der Waals surface area contributed by atoms with E-state index in [1.54, 1.807) is 0 Å². The minimum Gasteiger partial charge on any atom is -0.358 e. The van der Waals surface area contributed by atoms with E-state index in [2.05, 4.69) is 10.3 Å². The molecule has 104 valence electrons. The zero-order chi connectivity index (χ0) is 13.9. The van der Waals surface area contributed by atoms with Gasteiger partial charge in [0.25, 0.3) is 5.91 Å². The highest BCUT2D eigenvalue weighted by Gasteiger charge is 2.34. The zero-order valence-electron chi connectivity index (χ0n) is 10.4. The molecule has 1 aromatic heterocycles. The van der Waals surface area contributed by atoms with Crippen LogP contribution in [0, 0.1) is 10.1 Å². The number of alkyl halides is 1. The third kappa shape index (κ3) is 3.07. The van der Waals surface area contributed by atoms with E-state index in [4.69, 9.17) is 11.6 Å². The van der Waals surface area contributed by atoms with Crippen molar-refractivity contribution >= 4 is 23.3 Å². The maximum atomic E-state index is 12.1. The lowest BCUT2D eigenvalue weighted by Gasteiger charge is -2.36. The molecular weight excluding hydrogens is 270 g/mol. The monoisotopic (exact) mass is 285 g/mol. The molecule has 1 fully saturated rings. The predicted molar refractivity (Wildman–Crippen MR) is 71.4 cm³/mol. The summed E-state index contributed by atoms with van der Waals surface area (Å²) in [4.78, 5) is 24.6. The lowest BCUT2D eigenvalue weighted by molar-refractivity contribution is -0.389. The van der Waals surface area contributed by atoms with Gasteiger partial charge in [-0.25, -0.2) is 4.98 Å². The number of nitrogens with zero attached hydrogens (tertiary/aromatic N) is 1. The van der Waals surface area contributed by atoms with Crippen molar-refractivity contribution in [2.24, 2.45) is 0 Å². The van der Waals surface area contributed by atoms with Crippen LogP contribution in [0.2, 0.25) is 0 Å². The second-order valence-corrected chi connectivity index (χ2v) is 5.21. The Hall–Kier alpha value is -1.56. The van der Waals surface area contributed by atoms with Gasteiger partial charge in [0.05, 0.1) is 5.54 Å². The number of carbonyl (C=O) groups is 1. The van der Waals surface area contributed by atoms with E-state index < -0.39 is 4.92 Å². The molecule has 0 aliphatic heterocycles. The predicted octanol–water partition coefficient (Wildman–Crippen LogP) is 2.59. The van der Waals surface area contributed by atoms with Gasteiger partial charge < -0.3 is 15.4 Å². The fraction of sp³-hybridized carbons (Fsp3) is 0.583. The van der Waals surface area contributed by atoms with E-state index in [1.165, 1.54) is 12.1 Å². The quantitative estimate of drug-likeness (QED) is 0.506. The second kappa shape index (κ2) is 5.61. The minimum absolute atomic E-state index is 0.186. The van der Waals surface area contributed by atoms with Gasteiger partial charge in [-0.15, -0.1) is 11.6 Å². The van der Waals surface area contributed by atoms with Gasteiger partial charge in [0.15, 0.2) is 5.69 Å². The van der Waals surface area contributed by atoms with Crippen molar-refractivity contribution in [2.75, 3.05) is 5.88 Å². The number of hydrogen-bond donors (Lipinski definition) is 2. The summed E-state index contributed by atoms with van der Waals surface area (Å²) in [5.41, 5.74) is -0.182. The molecule has 1 saturated carbocycles. The number of rotatable bonds is 4. The molecule has 1 aromatic rings. The van der Waals surface area contributed by atoms with E-state index in [0.717, 1.165) is 32.1 Å². The Kier molecular flexibility index (Phi) is 4.09. The second-order valence-electron chi connectivity index (χ2n) is 4.94. The molecule has 2 rings (SSSR count). The molecule has 1 heterocycles. The molecule has 0 saturated heterocycles. The van der Waals surface area contributed by atoms with Crippen molar-refractivity contribution < 1.29 is 9.72 Å². The number of nitrogens with one attached hydrogen (secondary N) is 2. The number of halogens is 1. The standard InChI is InChI=1S/C12H16ClN3O3/c13-8-12(6-2-1-3-7-12)15-11(17)9-4-5-10(14-9)16(18)19/h4-5,14H,1-3,6-8H2,(H,15,17). The van der Waals surface area contributed by atoms with Crippen molar-refractivity contribution in [3.05, 3.63) is 27.9 Å². The molecule has 0 atom stereocenters. The Morgan fingerprint density at radius 1 is 1.42 bits per heavy atom. The lowest BCUT2D eigenvalue weighted by atomic mass is 9.83. The summed E-state index contributed by atoms with van der Waals surface area (Å²) >= 11 is 5.99. The van der Waals surface area contributed by atoms with Crippen molar-refractivity contribution in [3.63, 3.8) is 0 Å². The Morgan fingerprint density at radius 2 is 2.11 bits per heavy atom. The molecule has 0 unspecified atom stereocenters. The molecule has 0 radical (unpaired) electrons. The highest BCUT2D eigenvalue weighted by Crippen LogP contribution is 2.29. The first kappa shape index (κ1) is 13.9. The van der Waals surface area contributed by atoms with Gasteiger partial charge >= 0.3 is 5.82 Å². The van der Waals surface area contributed by atoms with Gasteiger partial charge in [-0.3, -0.25) is 4.79 Å². The Morgan fingerprint density at radius 3 is 2.63 bits per heavy atom. The summed E-state index contributed by atoms with van der Waals surface area (Å²) in [5.74, 6) is -0.161. The first-order valence-corrected chi connectivity index (χ1v) is 6.82. The molecule has 0 bridgehead atoms. The van der Waals surface area contributed by atoms with Crippen LogP contribution in [0.25, 0.3) is 0 Å². The lowest BCUT2D eigenvalue weighted by Crippen LogP contribution is -2.51. The Balaban J connectivity index is 2.08. The average molecular weight is 286 g/mol. The fourth-order valence-corrected chi connectivity index (χ4v) is 2.79. The van der Waals surface area contributed by atoms with E-state index in [0.29, 0.717) is 5.88 Å². The molecule has 19 heavy (non-hydrogen) atoms. The van der Waals surface area contributed by atoms with Crippen molar-refractivity contribution in [2.45, 2.75) is 37.6 Å². The van der Waals surface area contributed by atoms with E-state index in [1.807, 2.05) is 0 Å². The number of aromatic nitrogens is 1. The highest BCUT2D eigenvalue weighted by molar-refractivity contribution is 6.19. The number of nitro groups is 1. The minimum atomic E-state index is -0.561. The average Bonchev–Trinajstić information content (AvgIpc) is 2.89. The maximum absolute atomic E-state index is 12.1. The van der Waals surface area contributed by atoms with E-state index in [-0.39, 0.29) is 23.0 Å². The molecule has 6 nitrogen and oxygen atoms in total. The van der Waals surface area contributed by atoms with Gasteiger partial charge in [0.2, 0.25) is 0 Å². The van der Waals surface area contributed by atoms with Gasteiger partial charge in [0, 0.05) is 11.9 Å². The summed E-state index contributed by atoms with van der Waals surface area (Å²) in [6, 6.07) is 2.70. The van der Waals surface area contributed by atoms with Gasteiger partial charge in [-0.1, -0.05) is 19.3 Å². The summed E-state index contributed by atoms with van der Waals surface area (Å²) in [5, 5.41) is 13.5. The van der Waals surface area contributed by atoms with Crippen LogP contribution in [0.5, 0.6) is 0 Å². The molecule has 7 heteroatoms. The Bertz CT molecular complexity index is 480.